The number of carbonyl (C=O) groups excluding carboxylic acids is 2. The Morgan fingerprint density at radius 2 is 0.915 bits per heavy atom. The molecule has 8 heteroatoms. The molecule has 4 aromatic carbocycles. The molecule has 1 aliphatic rings. The third kappa shape index (κ3) is 6.84. The van der Waals surface area contributed by atoms with Crippen LogP contribution < -0.4 is 9.47 Å². The molecule has 4 aromatic rings. The van der Waals surface area contributed by atoms with E-state index in [0.717, 1.165) is 33.4 Å². The highest BCUT2D eigenvalue weighted by Crippen LogP contribution is 2.59. The summed E-state index contributed by atoms with van der Waals surface area (Å²) in [6.45, 7) is 9.47. The van der Waals surface area contributed by atoms with Crippen LogP contribution in [-0.2, 0) is 24.5 Å². The first-order valence-corrected chi connectivity index (χ1v) is 15.3. The molecule has 0 saturated carbocycles. The maximum atomic E-state index is 11.9. The van der Waals surface area contributed by atoms with Gasteiger partial charge in [-0.2, -0.15) is 0 Å². The Bertz CT molecular complexity index is 1660. The fourth-order valence-electron chi connectivity index (χ4n) is 5.82. The van der Waals surface area contributed by atoms with E-state index >= 15 is 0 Å². The van der Waals surface area contributed by atoms with Crippen LogP contribution in [0, 0.1) is 0 Å². The average molecular weight is 635 g/mol. The average Bonchev–Trinajstić information content (AvgIpc) is 3.38. The van der Waals surface area contributed by atoms with Crippen LogP contribution in [0.5, 0.6) is 11.5 Å². The van der Waals surface area contributed by atoms with Gasteiger partial charge in [0.05, 0.1) is 5.41 Å². The smallest absolute Gasteiger partial charge is 0.333 e. The van der Waals surface area contributed by atoms with E-state index in [9.17, 15) is 19.8 Å². The number of esters is 2. The third-order valence-corrected chi connectivity index (χ3v) is 7.91. The molecule has 8 nitrogen and oxygen atoms in total. The number of hydrogen-bond acceptors (Lipinski definition) is 8. The molecule has 0 heterocycles. The van der Waals surface area contributed by atoms with Gasteiger partial charge < -0.3 is 29.2 Å². The van der Waals surface area contributed by atoms with Crippen LogP contribution in [0.1, 0.15) is 36.1 Å². The van der Waals surface area contributed by atoms with E-state index < -0.39 is 29.6 Å². The van der Waals surface area contributed by atoms with Gasteiger partial charge in [-0.25, -0.2) is 9.59 Å². The van der Waals surface area contributed by atoms with E-state index in [1.807, 2.05) is 72.8 Å². The predicted molar refractivity (Wildman–Crippen MR) is 178 cm³/mol. The first-order chi connectivity index (χ1) is 22.6. The number of ether oxygens (including phenoxy) is 4. The number of aliphatic hydroxyl groups is 2. The summed E-state index contributed by atoms with van der Waals surface area (Å²) in [4.78, 5) is 23.8. The molecular weight excluding hydrogens is 596 g/mol. The third-order valence-electron chi connectivity index (χ3n) is 7.91. The molecular formula is C39H38O8. The number of benzene rings is 4. The van der Waals surface area contributed by atoms with Crippen LogP contribution in [0.15, 0.2) is 121 Å². The van der Waals surface area contributed by atoms with Crippen LogP contribution >= 0.6 is 0 Å². The first-order valence-electron chi connectivity index (χ1n) is 15.3. The minimum Gasteiger partial charge on any atom is -0.490 e. The van der Waals surface area contributed by atoms with Gasteiger partial charge in [-0.15, -0.1) is 0 Å². The minimum absolute atomic E-state index is 0.132. The Hall–Kier alpha value is -5.18. The molecule has 0 bridgehead atoms. The molecule has 0 radical (unpaired) electrons. The summed E-state index contributed by atoms with van der Waals surface area (Å²) in [7, 11) is 0. The van der Waals surface area contributed by atoms with Crippen LogP contribution in [0.2, 0.25) is 0 Å². The van der Waals surface area contributed by atoms with Gasteiger partial charge >= 0.3 is 11.9 Å². The second-order valence-electron chi connectivity index (χ2n) is 11.5. The maximum absolute atomic E-state index is 11.9. The summed E-state index contributed by atoms with van der Waals surface area (Å²) in [6, 6.07) is 31.6. The minimum atomic E-state index is -1.08. The summed E-state index contributed by atoms with van der Waals surface area (Å²) in [5, 5.41) is 21.3. The fraction of sp³-hybridized carbons (Fsp3) is 0.231. The standard InChI is InChI=1S/C39H38O8/c1-25(2)37(42)46-23-27(40)21-44-35-19-11-9-17-33(35)39(31-15-7-5-13-29(31)30-14-6-8-16-32(30)39)34-18-10-12-20-36(34)45-22-28(41)24-47-38(43)26(3)4/h5-20,27-28,40-41H,1,3,21-24H2,2,4H3. The molecule has 2 atom stereocenters. The maximum Gasteiger partial charge on any atom is 0.333 e. The van der Waals surface area contributed by atoms with Crippen molar-refractivity contribution >= 4 is 11.9 Å². The van der Waals surface area contributed by atoms with E-state index in [0.29, 0.717) is 11.5 Å². The number of carbonyl (C=O) groups is 2. The topological polar surface area (TPSA) is 112 Å². The molecule has 47 heavy (non-hydrogen) atoms. The van der Waals surface area contributed by atoms with Gasteiger partial charge in [0.2, 0.25) is 0 Å². The highest BCUT2D eigenvalue weighted by Gasteiger charge is 2.49. The number of hydrogen-bond donors (Lipinski definition) is 2. The van der Waals surface area contributed by atoms with E-state index in [1.165, 1.54) is 0 Å². The van der Waals surface area contributed by atoms with Gasteiger partial charge in [0.25, 0.3) is 0 Å². The normalized spacial score (nSPS) is 13.8. The summed E-state index contributed by atoms with van der Waals surface area (Å²) < 4.78 is 22.8. The van der Waals surface area contributed by atoms with Gasteiger partial charge in [-0.05, 0) is 48.2 Å². The van der Waals surface area contributed by atoms with Crippen LogP contribution in [0.4, 0.5) is 0 Å². The fourth-order valence-corrected chi connectivity index (χ4v) is 5.82. The summed E-state index contributed by atoms with van der Waals surface area (Å²) in [6.07, 6.45) is -2.16. The second kappa shape index (κ2) is 14.5. The van der Waals surface area contributed by atoms with Crippen molar-refractivity contribution in [1.82, 2.24) is 0 Å². The van der Waals surface area contributed by atoms with Gasteiger partial charge in [0, 0.05) is 22.3 Å². The monoisotopic (exact) mass is 634 g/mol. The Balaban J connectivity index is 1.58. The Labute approximate surface area is 274 Å². The van der Waals surface area contributed by atoms with Crippen molar-refractivity contribution in [3.8, 4) is 22.6 Å². The predicted octanol–water partition coefficient (Wildman–Crippen LogP) is 5.77. The van der Waals surface area contributed by atoms with Crippen molar-refractivity contribution in [2.24, 2.45) is 0 Å². The Morgan fingerprint density at radius 3 is 1.30 bits per heavy atom. The molecule has 0 amide bonds. The molecule has 242 valence electrons. The Morgan fingerprint density at radius 1 is 0.574 bits per heavy atom. The summed E-state index contributed by atoms with van der Waals surface area (Å²) in [5.41, 5.74) is 5.24. The number of fused-ring (bicyclic) bond motifs is 3. The van der Waals surface area contributed by atoms with E-state index in [-0.39, 0.29) is 37.6 Å². The van der Waals surface area contributed by atoms with Crippen LogP contribution in [-0.4, -0.2) is 60.8 Å². The molecule has 0 fully saturated rings. The molecule has 2 unspecified atom stereocenters. The zero-order valence-corrected chi connectivity index (χ0v) is 26.5. The lowest BCUT2D eigenvalue weighted by molar-refractivity contribution is -0.143. The molecule has 1 aliphatic carbocycles. The first kappa shape index (κ1) is 33.2. The van der Waals surface area contributed by atoms with E-state index in [1.54, 1.807) is 13.8 Å². The Kier molecular flexibility index (Phi) is 10.2. The number of aliphatic hydroxyl groups excluding tert-OH is 2. The van der Waals surface area contributed by atoms with Gasteiger partial charge in [0.1, 0.15) is 50.1 Å². The van der Waals surface area contributed by atoms with Gasteiger partial charge in [0.15, 0.2) is 0 Å². The molecule has 0 aliphatic heterocycles. The summed E-state index contributed by atoms with van der Waals surface area (Å²) in [5.74, 6) is -0.131. The van der Waals surface area contributed by atoms with Crippen molar-refractivity contribution < 1.29 is 38.7 Å². The molecule has 0 aromatic heterocycles. The molecule has 5 rings (SSSR count). The quantitative estimate of drug-likeness (QED) is 0.117. The van der Waals surface area contributed by atoms with Crippen LogP contribution in [0.3, 0.4) is 0 Å². The lowest BCUT2D eigenvalue weighted by Gasteiger charge is -2.36. The van der Waals surface area contributed by atoms with Crippen LogP contribution in [0.25, 0.3) is 11.1 Å². The van der Waals surface area contributed by atoms with Crippen molar-refractivity contribution in [3.05, 3.63) is 144 Å². The van der Waals surface area contributed by atoms with Crippen molar-refractivity contribution in [3.63, 3.8) is 0 Å². The molecule has 2 N–H and O–H groups in total. The van der Waals surface area contributed by atoms with Gasteiger partial charge in [-0.1, -0.05) is 98.1 Å². The number of para-hydroxylation sites is 2. The lowest BCUT2D eigenvalue weighted by atomic mass is 9.67. The van der Waals surface area contributed by atoms with E-state index in [4.69, 9.17) is 18.9 Å². The zero-order chi connectivity index (χ0) is 33.6. The van der Waals surface area contributed by atoms with Crippen molar-refractivity contribution in [1.29, 1.82) is 0 Å². The highest BCUT2D eigenvalue weighted by atomic mass is 16.6. The second-order valence-corrected chi connectivity index (χ2v) is 11.5. The molecule has 0 spiro atoms. The summed E-state index contributed by atoms with van der Waals surface area (Å²) >= 11 is 0. The van der Waals surface area contributed by atoms with Crippen molar-refractivity contribution in [2.75, 3.05) is 26.4 Å². The largest absolute Gasteiger partial charge is 0.490 e. The van der Waals surface area contributed by atoms with E-state index in [2.05, 4.69) is 37.4 Å². The van der Waals surface area contributed by atoms with Crippen molar-refractivity contribution in [2.45, 2.75) is 31.5 Å². The zero-order valence-electron chi connectivity index (χ0n) is 26.5. The SMILES string of the molecule is C=C(C)C(=O)OCC(O)COc1ccccc1C1(c2ccccc2OCC(O)COC(=O)C(=C)C)c2ccccc2-c2ccccc21. The lowest BCUT2D eigenvalue weighted by Crippen LogP contribution is -2.32. The number of rotatable bonds is 14. The van der Waals surface area contributed by atoms with Gasteiger partial charge in [-0.3, -0.25) is 0 Å². The highest BCUT2D eigenvalue weighted by molar-refractivity contribution is 5.88. The molecule has 0 saturated heterocycles.